The summed E-state index contributed by atoms with van der Waals surface area (Å²) >= 11 is 16.3. The fraction of sp³-hybridized carbons (Fsp3) is 0.133. The van der Waals surface area contributed by atoms with Crippen molar-refractivity contribution in [3.63, 3.8) is 0 Å². The Morgan fingerprint density at radius 2 is 1.41 bits per heavy atom. The van der Waals surface area contributed by atoms with Crippen molar-refractivity contribution in [3.05, 3.63) is 51.0 Å². The van der Waals surface area contributed by atoms with Crippen LogP contribution in [-0.4, -0.2) is 15.9 Å². The van der Waals surface area contributed by atoms with Gasteiger partial charge in [-0.15, -0.1) is 0 Å². The predicted octanol–water partition coefficient (Wildman–Crippen LogP) is 7.67. The molecule has 0 fully saturated rings. The van der Waals surface area contributed by atoms with Crippen LogP contribution in [-0.2, 0) is 12.4 Å². The lowest BCUT2D eigenvalue weighted by molar-refractivity contribution is -0.142. The van der Waals surface area contributed by atoms with Crippen LogP contribution in [0.3, 0.4) is 0 Å². The molecule has 2 aromatic heterocycles. The molecule has 0 spiro atoms. The van der Waals surface area contributed by atoms with Crippen LogP contribution >= 0.6 is 91.1 Å². The van der Waals surface area contributed by atoms with Crippen LogP contribution in [0.15, 0.2) is 18.2 Å². The van der Waals surface area contributed by atoms with Gasteiger partial charge in [-0.2, -0.15) is 26.3 Å². The first-order valence-corrected chi connectivity index (χ1v) is 12.1. The van der Waals surface area contributed by atoms with E-state index in [1.165, 1.54) is 34.7 Å². The van der Waals surface area contributed by atoms with Gasteiger partial charge in [0.25, 0.3) is 5.91 Å². The van der Waals surface area contributed by atoms with Crippen LogP contribution in [0.5, 0.6) is 0 Å². The molecule has 3 rings (SSSR count). The second-order valence-electron chi connectivity index (χ2n) is 5.36. The van der Waals surface area contributed by atoms with Gasteiger partial charge in [-0.3, -0.25) is 10.1 Å². The number of nitrogens with zero attached hydrogens (tertiary/aromatic N) is 2. The Labute approximate surface area is 221 Å². The Morgan fingerprint density at radius 1 is 0.938 bits per heavy atom. The van der Waals surface area contributed by atoms with Crippen molar-refractivity contribution in [2.75, 3.05) is 11.1 Å². The molecule has 0 radical (unpaired) electrons. The minimum atomic E-state index is -4.57. The Morgan fingerprint density at radius 3 is 1.78 bits per heavy atom. The number of benzene rings is 1. The number of hydrogen-bond donors (Lipinski definition) is 2. The Hall–Kier alpha value is -0.630. The van der Waals surface area contributed by atoms with Crippen molar-refractivity contribution >= 4 is 107 Å². The fourth-order valence-corrected chi connectivity index (χ4v) is 5.91. The summed E-state index contributed by atoms with van der Waals surface area (Å²) in [7, 11) is 0. The smallest absolute Gasteiger partial charge is 0.375 e. The molecule has 0 aliphatic heterocycles. The van der Waals surface area contributed by atoms with Crippen molar-refractivity contribution in [2.24, 2.45) is 0 Å². The van der Waals surface area contributed by atoms with Gasteiger partial charge >= 0.3 is 12.4 Å². The number of carbonyl (C=O) groups excluding carboxylic acids is 1. The van der Waals surface area contributed by atoms with Gasteiger partial charge in [0.1, 0.15) is 0 Å². The third-order valence-electron chi connectivity index (χ3n) is 3.14. The highest BCUT2D eigenvalue weighted by molar-refractivity contribution is 14.1. The molecule has 0 aliphatic rings. The molecule has 0 saturated heterocycles. The van der Waals surface area contributed by atoms with Crippen LogP contribution in [0, 0.1) is 5.77 Å². The van der Waals surface area contributed by atoms with Crippen LogP contribution in [0.1, 0.15) is 21.7 Å². The Kier molecular flexibility index (Phi) is 9.27. The van der Waals surface area contributed by atoms with E-state index >= 15 is 0 Å². The third kappa shape index (κ3) is 7.18. The van der Waals surface area contributed by atoms with Crippen LogP contribution in [0.25, 0.3) is 0 Å². The number of nitrogen functional groups attached to an aromatic ring is 1. The molecule has 174 valence electrons. The number of rotatable bonds is 2. The molecular weight excluding hydrogens is 755 g/mol. The van der Waals surface area contributed by atoms with E-state index in [2.05, 4.69) is 15.3 Å². The first-order valence-electron chi connectivity index (χ1n) is 7.59. The maximum absolute atomic E-state index is 12.6. The normalized spacial score (nSPS) is 11.7. The second-order valence-corrected chi connectivity index (χ2v) is 11.8. The molecule has 1 aromatic carbocycles. The molecule has 0 unspecified atom stereocenters. The third-order valence-corrected chi connectivity index (χ3v) is 7.54. The van der Waals surface area contributed by atoms with Crippen molar-refractivity contribution in [1.29, 1.82) is 0 Å². The number of hydrogen-bond acceptors (Lipinski definition) is 6. The zero-order chi connectivity index (χ0) is 24.4. The maximum atomic E-state index is 12.6. The summed E-state index contributed by atoms with van der Waals surface area (Å²) in [6.45, 7) is 0. The summed E-state index contributed by atoms with van der Waals surface area (Å²) in [5.74, 6) is -0.718. The monoisotopic (exact) mass is 760 g/mol. The number of anilines is 2. The molecule has 17 heteroatoms. The van der Waals surface area contributed by atoms with Gasteiger partial charge < -0.3 is 5.73 Å². The van der Waals surface area contributed by atoms with Crippen molar-refractivity contribution < 1.29 is 31.1 Å². The number of amides is 1. The summed E-state index contributed by atoms with van der Waals surface area (Å²) in [5.41, 5.74) is 3.14. The highest BCUT2D eigenvalue weighted by Crippen LogP contribution is 2.37. The van der Waals surface area contributed by atoms with Crippen molar-refractivity contribution in [1.82, 2.24) is 9.97 Å². The van der Waals surface area contributed by atoms with Gasteiger partial charge in [0, 0.05) is 0 Å². The molecule has 2 heterocycles. The number of aromatic nitrogens is 2. The van der Waals surface area contributed by atoms with Gasteiger partial charge in [-0.05, 0) is 57.3 Å². The zero-order valence-electron chi connectivity index (χ0n) is 14.7. The lowest BCUT2D eigenvalue weighted by Gasteiger charge is -2.06. The summed E-state index contributed by atoms with van der Waals surface area (Å²) in [6, 6.07) is 4.46. The average molecular weight is 761 g/mol. The van der Waals surface area contributed by atoms with Gasteiger partial charge in [0.05, 0.1) is 21.4 Å². The highest BCUT2D eigenvalue weighted by atomic mass is 127. The molecule has 1 amide bonds. The number of nitrogens with two attached hydrogens (primary N) is 1. The molecule has 32 heavy (non-hydrogen) atoms. The molecular formula is C15H6Cl2F6I2N4OS2. The SMILES string of the molecule is Nc1nc(C(F)(F)F)c(I)s1.O=C(Nc1nc(C(F)(F)F)c(I)s1)c1c(Cl)cccc1Cl. The molecule has 3 N–H and O–H groups in total. The van der Waals surface area contributed by atoms with Gasteiger partial charge in [-0.25, -0.2) is 9.97 Å². The van der Waals surface area contributed by atoms with Crippen LogP contribution < -0.4 is 11.1 Å². The number of thiazole rings is 2. The molecule has 5 nitrogen and oxygen atoms in total. The topological polar surface area (TPSA) is 80.9 Å². The van der Waals surface area contributed by atoms with E-state index in [4.69, 9.17) is 28.9 Å². The lowest BCUT2D eigenvalue weighted by atomic mass is 10.2. The summed E-state index contributed by atoms with van der Waals surface area (Å²) in [4.78, 5) is 18.5. The zero-order valence-corrected chi connectivity index (χ0v) is 22.2. The minimum absolute atomic E-state index is 0.0143. The number of carbonyl (C=O) groups is 1. The van der Waals surface area contributed by atoms with Crippen LogP contribution in [0.2, 0.25) is 10.0 Å². The summed E-state index contributed by atoms with van der Waals surface area (Å²) < 4.78 is 73.8. The van der Waals surface area contributed by atoms with E-state index in [1.54, 1.807) is 28.7 Å². The predicted molar refractivity (Wildman–Crippen MR) is 128 cm³/mol. The molecule has 0 aliphatic carbocycles. The number of nitrogens with one attached hydrogen (secondary N) is 1. The molecule has 0 atom stereocenters. The van der Waals surface area contributed by atoms with E-state index in [9.17, 15) is 31.1 Å². The van der Waals surface area contributed by atoms with Gasteiger partial charge in [-0.1, -0.05) is 51.9 Å². The van der Waals surface area contributed by atoms with E-state index < -0.39 is 29.6 Å². The Bertz CT molecular complexity index is 1120. The lowest BCUT2D eigenvalue weighted by Crippen LogP contribution is -2.14. The standard InChI is InChI=1S/C11H4Cl2F3IN2OS.C4H2F3IN2S/c12-4-2-1-3-5(13)6(4)9(20)19-10-18-7(8(17)21-10)11(14,15)16;5-4(6,7)1-2(8)11-3(9)10-1/h1-3H,(H,18,19,20);(H2,9,10). The van der Waals surface area contributed by atoms with E-state index in [0.29, 0.717) is 11.3 Å². The molecule has 0 saturated carbocycles. The second kappa shape index (κ2) is 10.7. The van der Waals surface area contributed by atoms with E-state index in [-0.39, 0.29) is 31.6 Å². The highest BCUT2D eigenvalue weighted by Gasteiger charge is 2.37. The number of halogens is 10. The first kappa shape index (κ1) is 27.6. The van der Waals surface area contributed by atoms with E-state index in [0.717, 1.165) is 11.3 Å². The van der Waals surface area contributed by atoms with Crippen molar-refractivity contribution in [3.8, 4) is 0 Å². The summed E-state index contributed by atoms with van der Waals surface area (Å²) in [5, 5.41) is 2.24. The largest absolute Gasteiger partial charge is 0.435 e. The molecule has 0 bridgehead atoms. The maximum Gasteiger partial charge on any atom is 0.435 e. The van der Waals surface area contributed by atoms with Crippen LogP contribution in [0.4, 0.5) is 36.6 Å². The fourth-order valence-electron chi connectivity index (χ4n) is 1.90. The molecule has 3 aromatic rings. The van der Waals surface area contributed by atoms with E-state index in [1.807, 2.05) is 0 Å². The Balaban J connectivity index is 0.000000278. The quantitative estimate of drug-likeness (QED) is 0.208. The summed E-state index contributed by atoms with van der Waals surface area (Å²) in [6.07, 6.45) is -8.96. The minimum Gasteiger partial charge on any atom is -0.375 e. The van der Waals surface area contributed by atoms with Crippen molar-refractivity contribution in [2.45, 2.75) is 12.4 Å². The van der Waals surface area contributed by atoms with Gasteiger partial charge in [0.2, 0.25) is 0 Å². The van der Waals surface area contributed by atoms with Gasteiger partial charge in [0.15, 0.2) is 21.7 Å². The average Bonchev–Trinajstić information content (AvgIpc) is 3.16. The number of alkyl halides is 6. The first-order chi connectivity index (χ1) is 14.6.